The van der Waals surface area contributed by atoms with Crippen molar-refractivity contribution >= 4 is 44.8 Å². The number of para-hydroxylation sites is 2. The van der Waals surface area contributed by atoms with E-state index >= 15 is 0 Å². The summed E-state index contributed by atoms with van der Waals surface area (Å²) in [5.74, 6) is -0.773. The number of carbonyl (C=O) groups excluding carboxylic acids is 2. The molecule has 0 atom stereocenters. The predicted molar refractivity (Wildman–Crippen MR) is 117 cm³/mol. The summed E-state index contributed by atoms with van der Waals surface area (Å²) in [6, 6.07) is 15.8. The highest BCUT2D eigenvalue weighted by Gasteiger charge is 2.35. The van der Waals surface area contributed by atoms with Crippen molar-refractivity contribution in [3.8, 4) is 0 Å². The molecule has 2 aromatic carbocycles. The second kappa shape index (κ2) is 6.96. The molecular weight excluding hydrogens is 392 g/mol. The van der Waals surface area contributed by atoms with Crippen LogP contribution in [0.4, 0.5) is 0 Å². The van der Waals surface area contributed by atoms with E-state index < -0.39 is 5.91 Å². The van der Waals surface area contributed by atoms with Crippen LogP contribution >= 0.6 is 0 Å². The van der Waals surface area contributed by atoms with Gasteiger partial charge in [0.2, 0.25) is 0 Å². The van der Waals surface area contributed by atoms with E-state index in [0.29, 0.717) is 28.3 Å². The number of amides is 2. The standard InChI is InChI=1S/C25H20N2O4/c28-24-21(18-6-3-4-15-8-13-31-23(15)18)22(25(29)26-24)19-14-27(16-9-11-30-12-10-16)20-7-2-1-5-17(19)20/h1-8,13-14,16H,9-12H2,(H,26,28,29). The fraction of sp³-hybridized carbons (Fsp3) is 0.200. The first-order chi connectivity index (χ1) is 15.2. The Hall–Kier alpha value is -3.64. The van der Waals surface area contributed by atoms with Crippen LogP contribution in [0.2, 0.25) is 0 Å². The van der Waals surface area contributed by atoms with Crippen LogP contribution in [0.15, 0.2) is 65.4 Å². The van der Waals surface area contributed by atoms with E-state index in [1.165, 1.54) is 0 Å². The summed E-state index contributed by atoms with van der Waals surface area (Å²) >= 11 is 0. The summed E-state index contributed by atoms with van der Waals surface area (Å²) in [6.07, 6.45) is 5.46. The molecule has 4 aromatic rings. The third kappa shape index (κ3) is 2.75. The van der Waals surface area contributed by atoms with Crippen LogP contribution in [-0.2, 0) is 14.3 Å². The molecule has 0 aliphatic carbocycles. The van der Waals surface area contributed by atoms with E-state index in [0.717, 1.165) is 47.9 Å². The number of rotatable bonds is 3. The van der Waals surface area contributed by atoms with Gasteiger partial charge in [-0.3, -0.25) is 14.9 Å². The Morgan fingerprint density at radius 1 is 0.871 bits per heavy atom. The molecule has 6 heteroatoms. The summed E-state index contributed by atoms with van der Waals surface area (Å²) in [6.45, 7) is 1.44. The molecule has 6 rings (SSSR count). The van der Waals surface area contributed by atoms with Crippen molar-refractivity contribution in [2.75, 3.05) is 13.2 Å². The number of ether oxygens (including phenoxy) is 1. The maximum absolute atomic E-state index is 13.0. The van der Waals surface area contributed by atoms with Crippen LogP contribution in [0.1, 0.15) is 30.0 Å². The molecule has 2 aliphatic rings. The van der Waals surface area contributed by atoms with Crippen molar-refractivity contribution < 1.29 is 18.7 Å². The van der Waals surface area contributed by atoms with E-state index in [1.54, 1.807) is 6.26 Å². The molecule has 0 radical (unpaired) electrons. The number of benzene rings is 2. The largest absolute Gasteiger partial charge is 0.464 e. The van der Waals surface area contributed by atoms with E-state index in [4.69, 9.17) is 9.15 Å². The number of aromatic nitrogens is 1. The van der Waals surface area contributed by atoms with Crippen molar-refractivity contribution in [3.63, 3.8) is 0 Å². The van der Waals surface area contributed by atoms with E-state index in [2.05, 4.69) is 16.0 Å². The van der Waals surface area contributed by atoms with Gasteiger partial charge >= 0.3 is 0 Å². The maximum Gasteiger partial charge on any atom is 0.259 e. The molecule has 1 fully saturated rings. The number of imide groups is 1. The second-order valence-electron chi connectivity index (χ2n) is 7.99. The Balaban J connectivity index is 1.63. The number of fused-ring (bicyclic) bond motifs is 2. The third-order valence-corrected chi connectivity index (χ3v) is 6.27. The summed E-state index contributed by atoms with van der Waals surface area (Å²) in [4.78, 5) is 25.9. The van der Waals surface area contributed by atoms with Crippen LogP contribution in [0, 0.1) is 0 Å². The zero-order valence-corrected chi connectivity index (χ0v) is 16.8. The predicted octanol–water partition coefficient (Wildman–Crippen LogP) is 4.31. The van der Waals surface area contributed by atoms with Gasteiger partial charge in [-0.25, -0.2) is 0 Å². The van der Waals surface area contributed by atoms with Crippen molar-refractivity contribution in [3.05, 3.63) is 72.1 Å². The van der Waals surface area contributed by atoms with Gasteiger partial charge in [0.05, 0.1) is 17.4 Å². The lowest BCUT2D eigenvalue weighted by Gasteiger charge is -2.24. The SMILES string of the molecule is O=C1NC(=O)C(c2cccc3ccoc23)=C1c1cn(C2CCOCC2)c2ccccc12. The lowest BCUT2D eigenvalue weighted by atomic mass is 9.95. The van der Waals surface area contributed by atoms with Gasteiger partial charge in [0, 0.05) is 52.9 Å². The highest BCUT2D eigenvalue weighted by molar-refractivity contribution is 6.50. The first kappa shape index (κ1) is 18.2. The number of nitrogens with one attached hydrogen (secondary N) is 1. The molecule has 0 bridgehead atoms. The van der Waals surface area contributed by atoms with E-state index in [-0.39, 0.29) is 5.91 Å². The van der Waals surface area contributed by atoms with Crippen molar-refractivity contribution in [1.29, 1.82) is 0 Å². The third-order valence-electron chi connectivity index (χ3n) is 6.27. The molecule has 2 aliphatic heterocycles. The number of hydrogen-bond donors (Lipinski definition) is 1. The van der Waals surface area contributed by atoms with Gasteiger partial charge in [0.25, 0.3) is 11.8 Å². The lowest BCUT2D eigenvalue weighted by Crippen LogP contribution is -2.22. The first-order valence-electron chi connectivity index (χ1n) is 10.5. The first-order valence-corrected chi connectivity index (χ1v) is 10.5. The highest BCUT2D eigenvalue weighted by atomic mass is 16.5. The van der Waals surface area contributed by atoms with Crippen LogP contribution in [0.25, 0.3) is 33.0 Å². The average Bonchev–Trinajstić information content (AvgIpc) is 3.49. The molecule has 0 unspecified atom stereocenters. The molecule has 2 aromatic heterocycles. The summed E-state index contributed by atoms with van der Waals surface area (Å²) in [7, 11) is 0. The fourth-order valence-corrected chi connectivity index (χ4v) is 4.83. The van der Waals surface area contributed by atoms with Gasteiger partial charge in [0.15, 0.2) is 0 Å². The van der Waals surface area contributed by atoms with Gasteiger partial charge in [0.1, 0.15) is 5.58 Å². The van der Waals surface area contributed by atoms with Crippen LogP contribution in [0.5, 0.6) is 0 Å². The number of furan rings is 1. The van der Waals surface area contributed by atoms with Crippen LogP contribution in [-0.4, -0.2) is 29.6 Å². The van der Waals surface area contributed by atoms with Crippen molar-refractivity contribution in [2.45, 2.75) is 18.9 Å². The Bertz CT molecular complexity index is 1390. The van der Waals surface area contributed by atoms with Gasteiger partial charge in [-0.2, -0.15) is 0 Å². The summed E-state index contributed by atoms with van der Waals surface area (Å²) in [5.41, 5.74) is 3.82. The van der Waals surface area contributed by atoms with Gasteiger partial charge in [-0.05, 0) is 25.0 Å². The topological polar surface area (TPSA) is 73.5 Å². The van der Waals surface area contributed by atoms with Gasteiger partial charge < -0.3 is 13.7 Å². The molecule has 0 saturated carbocycles. The minimum Gasteiger partial charge on any atom is -0.464 e. The Labute approximate surface area is 178 Å². The summed E-state index contributed by atoms with van der Waals surface area (Å²) < 4.78 is 13.4. The fourth-order valence-electron chi connectivity index (χ4n) is 4.83. The second-order valence-corrected chi connectivity index (χ2v) is 7.99. The van der Waals surface area contributed by atoms with Gasteiger partial charge in [-0.1, -0.05) is 36.4 Å². The molecular formula is C25H20N2O4. The van der Waals surface area contributed by atoms with Gasteiger partial charge in [-0.15, -0.1) is 0 Å². The molecule has 31 heavy (non-hydrogen) atoms. The number of nitrogens with zero attached hydrogens (tertiary/aromatic N) is 1. The molecule has 1 saturated heterocycles. The number of hydrogen-bond acceptors (Lipinski definition) is 4. The number of carbonyl (C=O) groups is 2. The quantitative estimate of drug-likeness (QED) is 0.509. The highest BCUT2D eigenvalue weighted by Crippen LogP contribution is 2.39. The molecule has 154 valence electrons. The van der Waals surface area contributed by atoms with E-state index in [1.807, 2.05) is 48.7 Å². The molecule has 0 spiro atoms. The zero-order chi connectivity index (χ0) is 20.9. The van der Waals surface area contributed by atoms with Crippen LogP contribution in [0.3, 0.4) is 0 Å². The Morgan fingerprint density at radius 3 is 2.48 bits per heavy atom. The lowest BCUT2D eigenvalue weighted by molar-refractivity contribution is -0.122. The molecule has 4 heterocycles. The van der Waals surface area contributed by atoms with Crippen molar-refractivity contribution in [1.82, 2.24) is 9.88 Å². The molecule has 6 nitrogen and oxygen atoms in total. The minimum atomic E-state index is -0.396. The van der Waals surface area contributed by atoms with Crippen LogP contribution < -0.4 is 5.32 Å². The Kier molecular flexibility index (Phi) is 4.07. The molecule has 2 amide bonds. The molecule has 1 N–H and O–H groups in total. The smallest absolute Gasteiger partial charge is 0.259 e. The minimum absolute atomic E-state index is 0.296. The monoisotopic (exact) mass is 412 g/mol. The van der Waals surface area contributed by atoms with E-state index in [9.17, 15) is 9.59 Å². The summed E-state index contributed by atoms with van der Waals surface area (Å²) in [5, 5.41) is 4.35. The maximum atomic E-state index is 13.0. The zero-order valence-electron chi connectivity index (χ0n) is 16.8. The van der Waals surface area contributed by atoms with Crippen molar-refractivity contribution in [2.24, 2.45) is 0 Å². The Morgan fingerprint density at radius 2 is 1.65 bits per heavy atom. The average molecular weight is 412 g/mol. The normalized spacial score (nSPS) is 17.8.